The van der Waals surface area contributed by atoms with Crippen molar-refractivity contribution in [3.05, 3.63) is 28.7 Å². The lowest BCUT2D eigenvalue weighted by molar-refractivity contribution is -0.187. The van der Waals surface area contributed by atoms with Crippen molar-refractivity contribution in [1.29, 1.82) is 0 Å². The molecule has 1 aromatic heterocycles. The minimum absolute atomic E-state index is 0.0810. The van der Waals surface area contributed by atoms with Crippen LogP contribution < -0.4 is 10.3 Å². The maximum atomic E-state index is 12.9. The third-order valence-electron chi connectivity index (χ3n) is 3.56. The number of aromatic nitrogens is 1. The van der Waals surface area contributed by atoms with Crippen molar-refractivity contribution in [2.24, 2.45) is 5.92 Å². The van der Waals surface area contributed by atoms with Crippen LogP contribution in [0.2, 0.25) is 0 Å². The van der Waals surface area contributed by atoms with Crippen LogP contribution in [0.5, 0.6) is 0 Å². The van der Waals surface area contributed by atoms with Crippen LogP contribution in [0.15, 0.2) is 28.0 Å². The molecule has 1 fully saturated rings. The molecule has 1 saturated carbocycles. The fourth-order valence-corrected chi connectivity index (χ4v) is 3.77. The van der Waals surface area contributed by atoms with E-state index in [9.17, 15) is 26.4 Å². The predicted octanol–water partition coefficient (Wildman–Crippen LogP) is 1.77. The molecule has 0 spiro atoms. The van der Waals surface area contributed by atoms with E-state index in [-0.39, 0.29) is 17.7 Å². The van der Waals surface area contributed by atoms with Crippen molar-refractivity contribution in [3.8, 4) is 0 Å². The Labute approximate surface area is 119 Å². The van der Waals surface area contributed by atoms with E-state index in [0.29, 0.717) is 12.8 Å². The zero-order chi connectivity index (χ0) is 15.7. The fraction of sp³-hybridized carbons (Fsp3) is 0.583. The lowest BCUT2D eigenvalue weighted by Gasteiger charge is -2.33. The number of pyridine rings is 1. The number of sulfonamides is 1. The molecule has 2 unspecified atom stereocenters. The van der Waals surface area contributed by atoms with Crippen molar-refractivity contribution in [3.63, 3.8) is 0 Å². The molecule has 1 aromatic rings. The summed E-state index contributed by atoms with van der Waals surface area (Å²) in [6.07, 6.45) is -2.42. The van der Waals surface area contributed by atoms with E-state index in [1.165, 1.54) is 0 Å². The van der Waals surface area contributed by atoms with Gasteiger partial charge in [-0.15, -0.1) is 0 Å². The van der Waals surface area contributed by atoms with Crippen molar-refractivity contribution < 1.29 is 21.6 Å². The largest absolute Gasteiger partial charge is 0.393 e. The van der Waals surface area contributed by atoms with Gasteiger partial charge in [0.1, 0.15) is 0 Å². The van der Waals surface area contributed by atoms with Gasteiger partial charge in [0.2, 0.25) is 15.6 Å². The second-order valence-corrected chi connectivity index (χ2v) is 6.76. The molecule has 0 aliphatic heterocycles. The standard InChI is InChI=1S/C12H15F3N2O3S/c13-12(14,15)9-3-1-2-4-10(9)17-21(19,20)8-5-6-11(18)16-7-8/h5-7,9-10,17H,1-4H2,(H,16,18). The highest BCUT2D eigenvalue weighted by Gasteiger charge is 2.46. The number of aromatic amines is 1. The summed E-state index contributed by atoms with van der Waals surface area (Å²) < 4.78 is 65.1. The van der Waals surface area contributed by atoms with E-state index in [1.54, 1.807) is 0 Å². The summed E-state index contributed by atoms with van der Waals surface area (Å²) in [6.45, 7) is 0. The summed E-state index contributed by atoms with van der Waals surface area (Å²) in [5.74, 6) is -1.68. The SMILES string of the molecule is O=c1ccc(S(=O)(=O)NC2CCCCC2C(F)(F)F)c[nH]1. The highest BCUT2D eigenvalue weighted by molar-refractivity contribution is 7.89. The quantitative estimate of drug-likeness (QED) is 0.889. The van der Waals surface area contributed by atoms with E-state index in [1.807, 2.05) is 0 Å². The Bertz CT molecular complexity index is 634. The summed E-state index contributed by atoms with van der Waals surface area (Å²) in [5.41, 5.74) is -0.486. The van der Waals surface area contributed by atoms with Gasteiger partial charge in [-0.2, -0.15) is 13.2 Å². The zero-order valence-electron chi connectivity index (χ0n) is 11.0. The average molecular weight is 324 g/mol. The lowest BCUT2D eigenvalue weighted by Crippen LogP contribution is -2.47. The highest BCUT2D eigenvalue weighted by Crippen LogP contribution is 2.38. The molecule has 0 radical (unpaired) electrons. The third-order valence-corrected chi connectivity index (χ3v) is 5.05. The first-order valence-corrected chi connectivity index (χ1v) is 7.96. The van der Waals surface area contributed by atoms with Crippen LogP contribution in [0.25, 0.3) is 0 Å². The monoisotopic (exact) mass is 324 g/mol. The summed E-state index contributed by atoms with van der Waals surface area (Å²) in [5, 5.41) is 0. The van der Waals surface area contributed by atoms with Crippen molar-refractivity contribution >= 4 is 10.0 Å². The summed E-state index contributed by atoms with van der Waals surface area (Å²) in [7, 11) is -4.09. The van der Waals surface area contributed by atoms with E-state index in [0.717, 1.165) is 18.3 Å². The Kier molecular flexibility index (Phi) is 4.43. The first-order chi connectivity index (χ1) is 9.70. The van der Waals surface area contributed by atoms with E-state index in [4.69, 9.17) is 0 Å². The minimum Gasteiger partial charge on any atom is -0.328 e. The smallest absolute Gasteiger partial charge is 0.328 e. The van der Waals surface area contributed by atoms with Gasteiger partial charge in [-0.3, -0.25) is 4.79 Å². The highest BCUT2D eigenvalue weighted by atomic mass is 32.2. The molecule has 2 N–H and O–H groups in total. The molecule has 1 aliphatic rings. The maximum absolute atomic E-state index is 12.9. The van der Waals surface area contributed by atoms with Gasteiger partial charge in [0.25, 0.3) is 0 Å². The molecular weight excluding hydrogens is 309 g/mol. The molecule has 118 valence electrons. The van der Waals surface area contributed by atoms with E-state index < -0.39 is 33.7 Å². The normalized spacial score (nSPS) is 24.0. The van der Waals surface area contributed by atoms with Crippen LogP contribution in [-0.4, -0.2) is 25.6 Å². The van der Waals surface area contributed by atoms with Gasteiger partial charge in [-0.1, -0.05) is 12.8 Å². The summed E-state index contributed by atoms with van der Waals surface area (Å²) in [4.78, 5) is 12.8. The molecule has 9 heteroatoms. The van der Waals surface area contributed by atoms with Crippen LogP contribution >= 0.6 is 0 Å². The number of nitrogens with one attached hydrogen (secondary N) is 2. The number of alkyl halides is 3. The van der Waals surface area contributed by atoms with Crippen LogP contribution in [0, 0.1) is 5.92 Å². The molecule has 0 saturated heterocycles. The average Bonchev–Trinajstić information content (AvgIpc) is 2.38. The van der Waals surface area contributed by atoms with E-state index in [2.05, 4.69) is 9.71 Å². The lowest BCUT2D eigenvalue weighted by atomic mass is 9.85. The Morgan fingerprint density at radius 2 is 1.86 bits per heavy atom. The van der Waals surface area contributed by atoms with E-state index >= 15 is 0 Å². The number of rotatable bonds is 3. The molecule has 0 aromatic carbocycles. The van der Waals surface area contributed by atoms with Crippen LogP contribution in [0.1, 0.15) is 25.7 Å². The van der Waals surface area contributed by atoms with Crippen molar-refractivity contribution in [2.75, 3.05) is 0 Å². The van der Waals surface area contributed by atoms with Gasteiger partial charge < -0.3 is 4.98 Å². The van der Waals surface area contributed by atoms with Crippen LogP contribution in [0.4, 0.5) is 13.2 Å². The zero-order valence-corrected chi connectivity index (χ0v) is 11.8. The summed E-state index contributed by atoms with van der Waals surface area (Å²) >= 11 is 0. The van der Waals surface area contributed by atoms with Gasteiger partial charge in [-0.25, -0.2) is 13.1 Å². The third kappa shape index (κ3) is 3.85. The molecule has 2 rings (SSSR count). The Morgan fingerprint density at radius 3 is 2.43 bits per heavy atom. The van der Waals surface area contributed by atoms with Crippen LogP contribution in [0.3, 0.4) is 0 Å². The second-order valence-electron chi connectivity index (χ2n) is 5.05. The van der Waals surface area contributed by atoms with Gasteiger partial charge in [0, 0.05) is 18.3 Å². The van der Waals surface area contributed by atoms with Gasteiger partial charge in [0.15, 0.2) is 0 Å². The molecule has 21 heavy (non-hydrogen) atoms. The first kappa shape index (κ1) is 16.0. The molecule has 0 amide bonds. The topological polar surface area (TPSA) is 79.0 Å². The number of halogens is 3. The molecule has 1 heterocycles. The van der Waals surface area contributed by atoms with Crippen molar-refractivity contribution in [2.45, 2.75) is 42.8 Å². The fourth-order valence-electron chi connectivity index (χ4n) is 2.49. The number of H-pyrrole nitrogens is 1. The molecule has 2 atom stereocenters. The van der Waals surface area contributed by atoms with Gasteiger partial charge in [-0.05, 0) is 18.9 Å². The molecule has 0 bridgehead atoms. The van der Waals surface area contributed by atoms with Crippen LogP contribution in [-0.2, 0) is 10.0 Å². The maximum Gasteiger partial charge on any atom is 0.393 e. The Morgan fingerprint density at radius 1 is 1.19 bits per heavy atom. The predicted molar refractivity (Wildman–Crippen MR) is 69.2 cm³/mol. The molecule has 1 aliphatic carbocycles. The summed E-state index contributed by atoms with van der Waals surface area (Å²) in [6, 6.07) is 0.902. The van der Waals surface area contributed by atoms with Crippen molar-refractivity contribution in [1.82, 2.24) is 9.71 Å². The first-order valence-electron chi connectivity index (χ1n) is 6.48. The van der Waals surface area contributed by atoms with Gasteiger partial charge in [0.05, 0.1) is 10.8 Å². The molecule has 5 nitrogen and oxygen atoms in total. The Hall–Kier alpha value is -1.35. The van der Waals surface area contributed by atoms with Gasteiger partial charge >= 0.3 is 6.18 Å². The second kappa shape index (κ2) is 5.80. The Balaban J connectivity index is 2.22. The molecular formula is C12H15F3N2O3S. The number of hydrogen-bond donors (Lipinski definition) is 2. The minimum atomic E-state index is -4.43. The number of hydrogen-bond acceptors (Lipinski definition) is 3.